The van der Waals surface area contributed by atoms with Crippen LogP contribution in [0.1, 0.15) is 65.7 Å². The lowest BCUT2D eigenvalue weighted by Crippen LogP contribution is -2.58. The van der Waals surface area contributed by atoms with Crippen molar-refractivity contribution >= 4 is 34.6 Å². The van der Waals surface area contributed by atoms with Gasteiger partial charge in [0, 0.05) is 35.5 Å². The molecule has 5 atom stereocenters. The Kier molecular flexibility index (Phi) is 8.85. The van der Waals surface area contributed by atoms with Gasteiger partial charge in [-0.3, -0.25) is 14.6 Å². The van der Waals surface area contributed by atoms with E-state index in [1.807, 2.05) is 24.3 Å². The van der Waals surface area contributed by atoms with Crippen LogP contribution in [0, 0.1) is 11.8 Å². The average Bonchev–Trinajstić information content (AvgIpc) is 3.55. The summed E-state index contributed by atoms with van der Waals surface area (Å²) in [7, 11) is 0. The number of alkyl carbamates (subject to hydrolysis) is 1. The molecule has 1 aromatic carbocycles. The van der Waals surface area contributed by atoms with E-state index in [2.05, 4.69) is 22.2 Å². The fourth-order valence-electron chi connectivity index (χ4n) is 6.53. The lowest BCUT2D eigenvalue weighted by atomic mass is 9.83. The first-order valence-corrected chi connectivity index (χ1v) is 15.4. The van der Waals surface area contributed by atoms with Gasteiger partial charge in [0.25, 0.3) is 0 Å². The molecule has 3 fully saturated rings. The number of carbonyl (C=O) groups is 4. The number of benzene rings is 1. The van der Waals surface area contributed by atoms with Gasteiger partial charge in [-0.1, -0.05) is 37.5 Å². The van der Waals surface area contributed by atoms with Crippen LogP contribution >= 0.6 is 0 Å². The number of carboxylic acids is 1. The van der Waals surface area contributed by atoms with Crippen molar-refractivity contribution in [2.45, 2.75) is 95.0 Å². The average molecular weight is 607 g/mol. The minimum absolute atomic E-state index is 0.0859. The Labute approximate surface area is 257 Å². The standard InChI is InChI=1S/C33H42N4O7/c1-5-22-17-33(22,30(40)41)36-28(38)25-16-23(43-26-13-9-12-21-18-34-15-14-24(21)26)19-37(25)29(39)27(20-10-7-6-8-11-20)35-31(42)44-32(2,3)4/h5,9,12-15,18,20,22-23,25,27H,1,6-8,10-11,16-17,19H2,2-4H3,(H,35,42)(H,36,38)(H,40,41)/t22-,23+,25-,27-,33?/m0/s1. The van der Waals surface area contributed by atoms with Gasteiger partial charge in [0.15, 0.2) is 0 Å². The number of fused-ring (bicyclic) bond motifs is 1. The van der Waals surface area contributed by atoms with Crippen molar-refractivity contribution in [3.8, 4) is 5.75 Å². The second-order valence-electron chi connectivity index (χ2n) is 13.2. The number of nitrogens with one attached hydrogen (secondary N) is 2. The molecule has 0 radical (unpaired) electrons. The van der Waals surface area contributed by atoms with Crippen molar-refractivity contribution < 1.29 is 33.8 Å². The van der Waals surface area contributed by atoms with Crippen molar-refractivity contribution in [1.82, 2.24) is 20.5 Å². The molecule has 1 saturated heterocycles. The van der Waals surface area contributed by atoms with Crippen LogP contribution in [-0.2, 0) is 19.1 Å². The fraction of sp³-hybridized carbons (Fsp3) is 0.545. The molecular formula is C33H42N4O7. The normalized spacial score (nSPS) is 26.0. The highest BCUT2D eigenvalue weighted by atomic mass is 16.6. The molecule has 3 aliphatic rings. The molecule has 5 rings (SSSR count). The minimum Gasteiger partial charge on any atom is -0.488 e. The summed E-state index contributed by atoms with van der Waals surface area (Å²) in [6, 6.07) is 5.54. The minimum atomic E-state index is -1.45. The summed E-state index contributed by atoms with van der Waals surface area (Å²) >= 11 is 0. The molecule has 11 nitrogen and oxygen atoms in total. The summed E-state index contributed by atoms with van der Waals surface area (Å²) in [5, 5.41) is 17.2. The number of likely N-dealkylation sites (tertiary alicyclic amines) is 1. The fourth-order valence-corrected chi connectivity index (χ4v) is 6.53. The van der Waals surface area contributed by atoms with Gasteiger partial charge in [0.1, 0.15) is 35.1 Å². The molecule has 3 amide bonds. The molecule has 1 aromatic heterocycles. The van der Waals surface area contributed by atoms with Crippen LogP contribution < -0.4 is 15.4 Å². The Bertz CT molecular complexity index is 1430. The second kappa shape index (κ2) is 12.5. The predicted molar refractivity (Wildman–Crippen MR) is 163 cm³/mol. The van der Waals surface area contributed by atoms with Gasteiger partial charge in [-0.15, -0.1) is 6.58 Å². The molecule has 236 valence electrons. The first-order chi connectivity index (χ1) is 20.9. The Morgan fingerprint density at radius 1 is 1.16 bits per heavy atom. The lowest BCUT2D eigenvalue weighted by molar-refractivity contribution is -0.146. The third-order valence-corrected chi connectivity index (χ3v) is 8.87. The zero-order chi connectivity index (χ0) is 31.6. The van der Waals surface area contributed by atoms with Crippen LogP contribution in [0.5, 0.6) is 5.75 Å². The zero-order valence-electron chi connectivity index (χ0n) is 25.6. The molecular weight excluding hydrogens is 564 g/mol. The van der Waals surface area contributed by atoms with E-state index in [4.69, 9.17) is 9.47 Å². The van der Waals surface area contributed by atoms with E-state index in [1.165, 1.54) is 11.0 Å². The SMILES string of the molecule is C=C[C@H]1CC1(NC(=O)[C@@H]1C[C@@H](Oc2cccc3cnccc23)CN1C(=O)[C@@H](NC(=O)OC(C)(C)C)C1CCCCC1)C(=O)O. The van der Waals surface area contributed by atoms with Gasteiger partial charge < -0.3 is 30.1 Å². The number of pyridine rings is 1. The third-order valence-electron chi connectivity index (χ3n) is 8.87. The topological polar surface area (TPSA) is 147 Å². The predicted octanol–water partition coefficient (Wildman–Crippen LogP) is 4.20. The summed E-state index contributed by atoms with van der Waals surface area (Å²) in [5.74, 6) is -2.06. The Morgan fingerprint density at radius 2 is 1.91 bits per heavy atom. The van der Waals surface area contributed by atoms with Crippen LogP contribution in [-0.4, -0.2) is 74.7 Å². The molecule has 44 heavy (non-hydrogen) atoms. The number of carboxylic acid groups (broad SMARTS) is 1. The summed E-state index contributed by atoms with van der Waals surface area (Å²) in [4.78, 5) is 58.9. The number of ether oxygens (including phenoxy) is 2. The maximum atomic E-state index is 14.4. The largest absolute Gasteiger partial charge is 0.488 e. The maximum Gasteiger partial charge on any atom is 0.408 e. The number of rotatable bonds is 9. The van der Waals surface area contributed by atoms with E-state index in [9.17, 15) is 24.3 Å². The highest BCUT2D eigenvalue weighted by Gasteiger charge is 2.61. The Hall–Kier alpha value is -4.15. The van der Waals surface area contributed by atoms with E-state index >= 15 is 0 Å². The number of hydrogen-bond acceptors (Lipinski definition) is 7. The van der Waals surface area contributed by atoms with E-state index < -0.39 is 59.1 Å². The highest BCUT2D eigenvalue weighted by Crippen LogP contribution is 2.45. The molecule has 0 bridgehead atoms. The van der Waals surface area contributed by atoms with Crippen molar-refractivity contribution in [3.05, 3.63) is 49.3 Å². The first kappa shape index (κ1) is 31.3. The molecule has 2 heterocycles. The van der Waals surface area contributed by atoms with E-state index in [-0.39, 0.29) is 25.3 Å². The van der Waals surface area contributed by atoms with Gasteiger partial charge >= 0.3 is 12.1 Å². The molecule has 0 spiro atoms. The monoisotopic (exact) mass is 606 g/mol. The van der Waals surface area contributed by atoms with Crippen LogP contribution in [0.15, 0.2) is 49.3 Å². The maximum absolute atomic E-state index is 14.4. The van der Waals surface area contributed by atoms with E-state index in [0.29, 0.717) is 5.75 Å². The smallest absolute Gasteiger partial charge is 0.408 e. The Balaban J connectivity index is 1.43. The Morgan fingerprint density at radius 3 is 2.57 bits per heavy atom. The van der Waals surface area contributed by atoms with Crippen molar-refractivity contribution in [2.24, 2.45) is 11.8 Å². The van der Waals surface area contributed by atoms with Crippen LogP contribution in [0.3, 0.4) is 0 Å². The van der Waals surface area contributed by atoms with Crippen molar-refractivity contribution in [3.63, 3.8) is 0 Å². The first-order valence-electron chi connectivity index (χ1n) is 15.4. The number of hydrogen-bond donors (Lipinski definition) is 3. The summed E-state index contributed by atoms with van der Waals surface area (Å²) < 4.78 is 11.9. The van der Waals surface area contributed by atoms with Gasteiger partial charge in [0.05, 0.1) is 6.54 Å². The van der Waals surface area contributed by atoms with E-state index in [1.54, 1.807) is 33.2 Å². The molecule has 2 aromatic rings. The van der Waals surface area contributed by atoms with Crippen LogP contribution in [0.4, 0.5) is 4.79 Å². The number of aliphatic carboxylic acids is 1. The lowest BCUT2D eigenvalue weighted by Gasteiger charge is -2.35. The molecule has 1 aliphatic heterocycles. The van der Waals surface area contributed by atoms with Crippen LogP contribution in [0.25, 0.3) is 10.8 Å². The highest BCUT2D eigenvalue weighted by molar-refractivity contribution is 5.96. The molecule has 11 heteroatoms. The zero-order valence-corrected chi connectivity index (χ0v) is 25.6. The second-order valence-corrected chi connectivity index (χ2v) is 13.2. The number of nitrogens with zero attached hydrogens (tertiary/aromatic N) is 2. The summed E-state index contributed by atoms with van der Waals surface area (Å²) in [6.45, 7) is 9.05. The number of amides is 3. The van der Waals surface area contributed by atoms with E-state index in [0.717, 1.165) is 42.9 Å². The molecule has 3 N–H and O–H groups in total. The van der Waals surface area contributed by atoms with Crippen molar-refractivity contribution in [2.75, 3.05) is 6.54 Å². The van der Waals surface area contributed by atoms with Crippen molar-refractivity contribution in [1.29, 1.82) is 0 Å². The molecule has 1 unspecified atom stereocenters. The van der Waals surface area contributed by atoms with Gasteiger partial charge in [-0.05, 0) is 58.1 Å². The number of aromatic nitrogens is 1. The van der Waals surface area contributed by atoms with Gasteiger partial charge in [0.2, 0.25) is 11.8 Å². The number of carbonyl (C=O) groups excluding carboxylic acids is 3. The quantitative estimate of drug-likeness (QED) is 0.360. The van der Waals surface area contributed by atoms with Gasteiger partial charge in [-0.25, -0.2) is 9.59 Å². The molecule has 2 saturated carbocycles. The summed E-state index contributed by atoms with van der Waals surface area (Å²) in [6.07, 6.45) is 8.47. The summed E-state index contributed by atoms with van der Waals surface area (Å²) in [5.41, 5.74) is -2.21. The van der Waals surface area contributed by atoms with Crippen LogP contribution in [0.2, 0.25) is 0 Å². The van der Waals surface area contributed by atoms with Gasteiger partial charge in [-0.2, -0.15) is 0 Å². The third kappa shape index (κ3) is 6.66. The molecule has 2 aliphatic carbocycles.